The largest absolute Gasteiger partial charge is 0.481 e. The summed E-state index contributed by atoms with van der Waals surface area (Å²) in [7, 11) is -11.4. The summed E-state index contributed by atoms with van der Waals surface area (Å²) in [6, 6.07) is 0.563. The molecule has 0 aromatic carbocycles. The van der Waals surface area contributed by atoms with Crippen molar-refractivity contribution in [3.8, 4) is 0 Å². The average molecular weight is 625 g/mol. The van der Waals surface area contributed by atoms with Gasteiger partial charge in [0, 0.05) is 0 Å². The third-order valence-corrected chi connectivity index (χ3v) is 21.5. The highest BCUT2D eigenvalue weighted by Gasteiger charge is 2.47. The quantitative estimate of drug-likeness (QED) is 0.174. The zero-order valence-electron chi connectivity index (χ0n) is 21.2. The van der Waals surface area contributed by atoms with Crippen LogP contribution in [0.4, 0.5) is 0 Å². The van der Waals surface area contributed by atoms with Gasteiger partial charge in [0.25, 0.3) is 0 Å². The second-order valence-corrected chi connectivity index (χ2v) is 31.2. The Hall–Kier alpha value is -0.136. The lowest BCUT2D eigenvalue weighted by Crippen LogP contribution is -2.59. The van der Waals surface area contributed by atoms with E-state index in [2.05, 4.69) is 39.3 Å². The summed E-state index contributed by atoms with van der Waals surface area (Å²) in [4.78, 5) is 22.4. The predicted molar refractivity (Wildman–Crippen MR) is 175 cm³/mol. The van der Waals surface area contributed by atoms with Crippen molar-refractivity contribution in [2.75, 3.05) is 0 Å². The van der Waals surface area contributed by atoms with Gasteiger partial charge in [-0.2, -0.15) is 0 Å². The molecular weight excluding hydrogens is 557 g/mol. The topological polar surface area (TPSA) is 112 Å². The second-order valence-electron chi connectivity index (χ2n) is 11.1. The van der Waals surface area contributed by atoms with Crippen LogP contribution in [0.5, 0.6) is 0 Å². The molecule has 0 spiro atoms. The Morgan fingerprint density at radius 2 is 0.946 bits per heavy atom. The fourth-order valence-corrected chi connectivity index (χ4v) is 27.3. The molecule has 0 aliphatic heterocycles. The van der Waals surface area contributed by atoms with Gasteiger partial charge in [0.2, 0.25) is 0 Å². The average Bonchev–Trinajstić information content (AvgIpc) is 2.37. The fraction of sp³-hybridized carbons (Fsp3) is 0.917. The van der Waals surface area contributed by atoms with Gasteiger partial charge in [-0.15, -0.1) is 0 Å². The van der Waals surface area contributed by atoms with E-state index in [1.54, 1.807) is 0 Å². The lowest BCUT2D eigenvalue weighted by molar-refractivity contribution is -0.148. The number of hydrogen-bond donors (Lipinski definition) is 2. The van der Waals surface area contributed by atoms with Gasteiger partial charge in [-0.05, 0) is 84.5 Å². The van der Waals surface area contributed by atoms with Crippen molar-refractivity contribution < 1.29 is 36.3 Å². The summed E-state index contributed by atoms with van der Waals surface area (Å²) < 4.78 is 26.1. The van der Waals surface area contributed by atoms with Crippen LogP contribution in [0.2, 0.25) is 78.1 Å². The van der Waals surface area contributed by atoms with E-state index in [1.165, 1.54) is 0 Å². The normalized spacial score (nSPS) is 12.6. The molecule has 0 aliphatic carbocycles. The van der Waals surface area contributed by atoms with Crippen molar-refractivity contribution in [2.24, 2.45) is 5.92 Å². The predicted octanol–water partition coefficient (Wildman–Crippen LogP) is 8.97. The van der Waals surface area contributed by atoms with Gasteiger partial charge in [-0.1, -0.05) is 51.0 Å². The van der Waals surface area contributed by atoms with Crippen LogP contribution in [0.3, 0.4) is 0 Å². The minimum atomic E-state index is -2.78. The highest BCUT2D eigenvalue weighted by Crippen LogP contribution is 2.30. The van der Waals surface area contributed by atoms with E-state index in [0.29, 0.717) is 12.5 Å². The van der Waals surface area contributed by atoms with Gasteiger partial charge < -0.3 is 26.7 Å². The van der Waals surface area contributed by atoms with E-state index in [0.717, 1.165) is 0 Å². The molecule has 13 heteroatoms. The highest BCUT2D eigenvalue weighted by atomic mass is 28.5. The van der Waals surface area contributed by atoms with Crippen LogP contribution in [0.25, 0.3) is 0 Å². The van der Waals surface area contributed by atoms with Crippen LogP contribution >= 0.6 is 0 Å². The molecule has 0 aromatic heterocycles. The van der Waals surface area contributed by atoms with Crippen LogP contribution in [-0.2, 0) is 26.0 Å². The molecule has 2 N–H and O–H groups in total. The number of aliphatic carboxylic acids is 2. The van der Waals surface area contributed by atoms with E-state index < -0.39 is 60.2 Å². The molecule has 0 saturated carbocycles. The molecule has 0 radical (unpaired) electrons. The summed E-state index contributed by atoms with van der Waals surface area (Å²) >= 11 is 0. The number of carbonyl (C=O) groups is 2. The van der Waals surface area contributed by atoms with Gasteiger partial charge in [0.1, 0.15) is 0 Å². The van der Waals surface area contributed by atoms with Crippen LogP contribution in [0.1, 0.15) is 63.8 Å². The molecule has 8 nitrogen and oxygen atoms in total. The van der Waals surface area contributed by atoms with E-state index in [1.807, 2.05) is 32.7 Å². The van der Waals surface area contributed by atoms with Crippen molar-refractivity contribution in [1.29, 1.82) is 0 Å². The molecule has 0 rings (SSSR count). The fourth-order valence-electron chi connectivity index (χ4n) is 3.87. The Bertz CT molecular complexity index is 587. The molecule has 37 heavy (non-hydrogen) atoms. The Balaban J connectivity index is -0.000000300. The Kier molecular flexibility index (Phi) is 28.5. The molecule has 0 heterocycles. The molecule has 0 fully saturated rings. The van der Waals surface area contributed by atoms with Gasteiger partial charge in [-0.3, -0.25) is 9.59 Å². The lowest BCUT2D eigenvalue weighted by atomic mass is 10.0. The summed E-state index contributed by atoms with van der Waals surface area (Å²) in [5, 5.41) is 18.3. The van der Waals surface area contributed by atoms with Crippen LogP contribution < -0.4 is 0 Å². The SMILES string of the molecule is C.C.C.C.C.C.C[Si](C)(C)O[Si](C)(C)O[Si](C)(CCCC(CC(=O)O)C(=O)O)O[Si](C)(C)O[Si](C)(C)C. The van der Waals surface area contributed by atoms with Gasteiger partial charge in [0.05, 0.1) is 12.3 Å². The standard InChI is InChI=1S/C18H44O8Si5.6CH4/c1-27(2,3)23-29(7,8)25-31(11,26-30(9,10)24-28(4,5)6)14-12-13-16(18(21)22)15-17(19)20;;;;;;/h16H,12-15H2,1-11H3,(H,19,20)(H,21,22);6*1H4. The number of carboxylic acid groups (broad SMARTS) is 2. The number of hydrogen-bond acceptors (Lipinski definition) is 6. The van der Waals surface area contributed by atoms with E-state index in [9.17, 15) is 14.7 Å². The lowest BCUT2D eigenvalue weighted by Gasteiger charge is -2.43. The van der Waals surface area contributed by atoms with Gasteiger partial charge in [0.15, 0.2) is 16.6 Å². The summed E-state index contributed by atoms with van der Waals surface area (Å²) in [6.45, 7) is 22.9. The number of carboxylic acids is 2. The molecule has 0 saturated heterocycles. The van der Waals surface area contributed by atoms with Crippen LogP contribution in [0, 0.1) is 5.92 Å². The van der Waals surface area contributed by atoms with Crippen molar-refractivity contribution >= 4 is 54.3 Å². The molecule has 1 unspecified atom stereocenters. The van der Waals surface area contributed by atoms with Crippen molar-refractivity contribution in [2.45, 2.75) is 142 Å². The molecule has 1 atom stereocenters. The third-order valence-electron chi connectivity index (χ3n) is 3.98. The van der Waals surface area contributed by atoms with Crippen LogP contribution in [-0.4, -0.2) is 64.5 Å². The summed E-state index contributed by atoms with van der Waals surface area (Å²) in [6.07, 6.45) is 0.403. The summed E-state index contributed by atoms with van der Waals surface area (Å²) in [5.41, 5.74) is 0. The first-order chi connectivity index (χ1) is 13.5. The molecule has 0 amide bonds. The minimum absolute atomic E-state index is 0. The van der Waals surface area contributed by atoms with E-state index >= 15 is 0 Å². The first-order valence-corrected chi connectivity index (χ1v) is 25.8. The molecule has 0 aromatic rings. The monoisotopic (exact) mass is 624 g/mol. The second kappa shape index (κ2) is 19.8. The Labute approximate surface area is 237 Å². The molecule has 0 bridgehead atoms. The van der Waals surface area contributed by atoms with Crippen molar-refractivity contribution in [1.82, 2.24) is 0 Å². The highest BCUT2D eigenvalue weighted by molar-refractivity contribution is 6.90. The zero-order chi connectivity index (χ0) is 24.9. The molecule has 232 valence electrons. The summed E-state index contributed by atoms with van der Waals surface area (Å²) in [5.74, 6) is -3.10. The molecular formula is C24H68O8Si5. The maximum Gasteiger partial charge on any atom is 0.317 e. The Morgan fingerprint density at radius 1 is 0.622 bits per heavy atom. The third kappa shape index (κ3) is 27.2. The minimum Gasteiger partial charge on any atom is -0.481 e. The first-order valence-electron chi connectivity index (χ1n) is 10.8. The van der Waals surface area contributed by atoms with Gasteiger partial charge in [-0.25, -0.2) is 0 Å². The van der Waals surface area contributed by atoms with Crippen LogP contribution in [0.15, 0.2) is 0 Å². The van der Waals surface area contributed by atoms with Crippen molar-refractivity contribution in [3.63, 3.8) is 0 Å². The maximum atomic E-state index is 11.4. The van der Waals surface area contributed by atoms with Crippen molar-refractivity contribution in [3.05, 3.63) is 0 Å². The first kappa shape index (κ1) is 53.2. The maximum absolute atomic E-state index is 11.4. The Morgan fingerprint density at radius 3 is 1.19 bits per heavy atom. The van der Waals surface area contributed by atoms with Gasteiger partial charge >= 0.3 is 37.6 Å². The smallest absolute Gasteiger partial charge is 0.317 e. The van der Waals surface area contributed by atoms with E-state index in [4.69, 9.17) is 21.6 Å². The number of rotatable bonds is 15. The zero-order valence-corrected chi connectivity index (χ0v) is 26.2. The molecule has 0 aliphatic rings. The van der Waals surface area contributed by atoms with E-state index in [-0.39, 0.29) is 57.4 Å².